The van der Waals surface area contributed by atoms with E-state index in [2.05, 4.69) is 10.3 Å². The van der Waals surface area contributed by atoms with Crippen molar-refractivity contribution >= 4 is 17.6 Å². The van der Waals surface area contributed by atoms with Crippen LogP contribution in [0.2, 0.25) is 0 Å². The fourth-order valence-electron chi connectivity index (χ4n) is 3.06. The lowest BCUT2D eigenvalue weighted by Gasteiger charge is -2.16. The molecule has 2 rings (SSSR count). The Balaban J connectivity index is 0.00000291. The van der Waals surface area contributed by atoms with E-state index in [0.717, 1.165) is 28.8 Å². The molecule has 1 aromatic carbocycles. The highest BCUT2D eigenvalue weighted by molar-refractivity contribution is 5.78. The number of nitrogens with zero attached hydrogens (tertiary/aromatic N) is 1. The van der Waals surface area contributed by atoms with Crippen LogP contribution in [-0.4, -0.2) is 30.5 Å². The van der Waals surface area contributed by atoms with Crippen molar-refractivity contribution in [3.05, 3.63) is 47.8 Å². The largest absolute Gasteiger partial charge is 0.465 e. The number of anilines is 1. The van der Waals surface area contributed by atoms with Gasteiger partial charge in [-0.2, -0.15) is 0 Å². The van der Waals surface area contributed by atoms with Crippen molar-refractivity contribution in [2.75, 3.05) is 19.4 Å². The summed E-state index contributed by atoms with van der Waals surface area (Å²) in [6.45, 7) is 8.08. The molecule has 0 fully saturated rings. The molecule has 6 nitrogen and oxygen atoms in total. The number of esters is 1. The van der Waals surface area contributed by atoms with Crippen LogP contribution in [0, 0.1) is 6.92 Å². The van der Waals surface area contributed by atoms with Gasteiger partial charge in [-0.05, 0) is 67.6 Å². The summed E-state index contributed by atoms with van der Waals surface area (Å²) < 4.78 is 5.26. The minimum Gasteiger partial charge on any atom is -0.465 e. The van der Waals surface area contributed by atoms with Crippen LogP contribution in [0.1, 0.15) is 71.1 Å². The summed E-state index contributed by atoms with van der Waals surface area (Å²) in [6, 6.07) is 9.72. The number of benzene rings is 1. The van der Waals surface area contributed by atoms with Gasteiger partial charge in [0.25, 0.3) is 0 Å². The Morgan fingerprint density at radius 1 is 1.13 bits per heavy atom. The Hall–Kier alpha value is -2.89. The van der Waals surface area contributed by atoms with E-state index < -0.39 is 5.92 Å². The minimum absolute atomic E-state index is 0. The first-order valence-corrected chi connectivity index (χ1v) is 10.7. The topological polar surface area (TPSA) is 94.3 Å². The molecular formula is C25H39N3O3. The van der Waals surface area contributed by atoms with Crippen LogP contribution >= 0.6 is 0 Å². The fourth-order valence-corrected chi connectivity index (χ4v) is 3.06. The molecule has 3 N–H and O–H groups in total. The quantitative estimate of drug-likeness (QED) is 0.322. The summed E-state index contributed by atoms with van der Waals surface area (Å²) in [7, 11) is 1.62. The fraction of sp³-hybridized carbons (Fsp3) is 0.480. The number of carbonyl (C=O) groups is 2. The van der Waals surface area contributed by atoms with Crippen molar-refractivity contribution in [3.8, 4) is 11.1 Å². The Kier molecular flexibility index (Phi) is 13.6. The molecule has 172 valence electrons. The van der Waals surface area contributed by atoms with Crippen LogP contribution in [0.4, 0.5) is 5.69 Å². The van der Waals surface area contributed by atoms with Gasteiger partial charge in [-0.3, -0.25) is 14.6 Å². The number of ether oxygens (including phenoxy) is 1. The molecule has 1 amide bonds. The van der Waals surface area contributed by atoms with E-state index in [9.17, 15) is 9.59 Å². The lowest BCUT2D eigenvalue weighted by molar-refractivity contribution is -0.145. The Bertz CT molecular complexity index is 821. The normalized spacial score (nSPS) is 10.7. The smallest absolute Gasteiger partial charge is 0.315 e. The van der Waals surface area contributed by atoms with Gasteiger partial charge >= 0.3 is 5.97 Å². The number of unbranched alkanes of at least 4 members (excludes halogenated alkanes) is 1. The van der Waals surface area contributed by atoms with E-state index in [1.807, 2.05) is 51.1 Å². The molecule has 1 unspecified atom stereocenters. The van der Waals surface area contributed by atoms with E-state index in [-0.39, 0.29) is 19.3 Å². The monoisotopic (exact) mass is 429 g/mol. The van der Waals surface area contributed by atoms with Crippen molar-refractivity contribution in [1.29, 1.82) is 0 Å². The first kappa shape index (κ1) is 28.1. The standard InChI is InChI=1S/C22H29N3O3.C2H6.CH4/c1-4-28-22(27)18(7-5-6-8-21(26)24-3)20-14-17(11-12-25-20)16-9-10-19(23)15(2)13-16;1-2;/h9-14,18H,4-8,23H2,1-3H3,(H,24,26);1-2H3;1H4. The molecule has 2 aromatic rings. The second-order valence-corrected chi connectivity index (χ2v) is 6.76. The van der Waals surface area contributed by atoms with E-state index in [0.29, 0.717) is 31.6 Å². The number of rotatable bonds is 9. The van der Waals surface area contributed by atoms with Gasteiger partial charge in [-0.1, -0.05) is 33.8 Å². The summed E-state index contributed by atoms with van der Waals surface area (Å²) in [5.74, 6) is -0.716. The van der Waals surface area contributed by atoms with Gasteiger partial charge < -0.3 is 15.8 Å². The molecule has 1 aromatic heterocycles. The van der Waals surface area contributed by atoms with E-state index in [1.54, 1.807) is 20.2 Å². The average molecular weight is 430 g/mol. The van der Waals surface area contributed by atoms with Crippen molar-refractivity contribution in [1.82, 2.24) is 10.3 Å². The summed E-state index contributed by atoms with van der Waals surface area (Å²) in [4.78, 5) is 28.3. The zero-order valence-corrected chi connectivity index (χ0v) is 18.8. The highest BCUT2D eigenvalue weighted by atomic mass is 16.5. The lowest BCUT2D eigenvalue weighted by Crippen LogP contribution is -2.19. The summed E-state index contributed by atoms with van der Waals surface area (Å²) >= 11 is 0. The number of nitrogens with one attached hydrogen (secondary N) is 1. The number of nitrogens with two attached hydrogens (primary N) is 1. The van der Waals surface area contributed by atoms with Crippen molar-refractivity contribution < 1.29 is 14.3 Å². The Morgan fingerprint density at radius 2 is 1.81 bits per heavy atom. The zero-order chi connectivity index (χ0) is 22.5. The number of amides is 1. The second-order valence-electron chi connectivity index (χ2n) is 6.76. The van der Waals surface area contributed by atoms with Gasteiger partial charge in [0.2, 0.25) is 5.91 Å². The van der Waals surface area contributed by atoms with Crippen LogP contribution in [0.3, 0.4) is 0 Å². The van der Waals surface area contributed by atoms with Gasteiger partial charge in [0, 0.05) is 25.4 Å². The van der Waals surface area contributed by atoms with E-state index >= 15 is 0 Å². The lowest BCUT2D eigenvalue weighted by atomic mass is 9.94. The number of aryl methyl sites for hydroxylation is 1. The molecular weight excluding hydrogens is 390 g/mol. The van der Waals surface area contributed by atoms with Gasteiger partial charge in [0.05, 0.1) is 18.2 Å². The summed E-state index contributed by atoms with van der Waals surface area (Å²) in [5, 5.41) is 2.61. The Morgan fingerprint density at radius 3 is 2.42 bits per heavy atom. The van der Waals surface area contributed by atoms with E-state index in [1.165, 1.54) is 0 Å². The second kappa shape index (κ2) is 15.0. The van der Waals surface area contributed by atoms with Crippen molar-refractivity contribution in [3.63, 3.8) is 0 Å². The van der Waals surface area contributed by atoms with Crippen LogP contribution in [0.15, 0.2) is 36.5 Å². The molecule has 0 aliphatic rings. The molecule has 1 heterocycles. The third-order valence-corrected chi connectivity index (χ3v) is 4.74. The molecule has 31 heavy (non-hydrogen) atoms. The van der Waals surface area contributed by atoms with Crippen LogP contribution in [0.5, 0.6) is 0 Å². The van der Waals surface area contributed by atoms with Gasteiger partial charge in [-0.25, -0.2) is 0 Å². The predicted octanol–water partition coefficient (Wildman–Crippen LogP) is 5.25. The number of hydrogen-bond donors (Lipinski definition) is 2. The SMILES string of the molecule is C.CC.CCOC(=O)C(CCCCC(=O)NC)c1cc(-c2ccc(N)c(C)c2)ccn1. The minimum atomic E-state index is -0.445. The van der Waals surface area contributed by atoms with Crippen molar-refractivity contribution in [2.24, 2.45) is 0 Å². The van der Waals surface area contributed by atoms with Gasteiger partial charge in [0.15, 0.2) is 0 Å². The molecule has 0 aliphatic carbocycles. The van der Waals surface area contributed by atoms with Crippen LogP contribution in [0.25, 0.3) is 11.1 Å². The first-order valence-electron chi connectivity index (χ1n) is 10.7. The number of carbonyl (C=O) groups excluding carboxylic acids is 2. The number of aromatic nitrogens is 1. The highest BCUT2D eigenvalue weighted by Gasteiger charge is 2.23. The molecule has 6 heteroatoms. The third kappa shape index (κ3) is 8.79. The zero-order valence-electron chi connectivity index (χ0n) is 18.8. The predicted molar refractivity (Wildman–Crippen MR) is 129 cm³/mol. The molecule has 0 spiro atoms. The molecule has 0 radical (unpaired) electrons. The molecule has 0 saturated heterocycles. The third-order valence-electron chi connectivity index (χ3n) is 4.74. The van der Waals surface area contributed by atoms with Crippen LogP contribution in [-0.2, 0) is 14.3 Å². The van der Waals surface area contributed by atoms with E-state index in [4.69, 9.17) is 10.5 Å². The van der Waals surface area contributed by atoms with Gasteiger partial charge in [-0.15, -0.1) is 0 Å². The molecule has 0 aliphatic heterocycles. The maximum Gasteiger partial charge on any atom is 0.315 e. The average Bonchev–Trinajstić information content (AvgIpc) is 2.77. The molecule has 0 bridgehead atoms. The Labute approximate surface area is 187 Å². The number of nitrogen functional groups attached to an aromatic ring is 1. The van der Waals surface area contributed by atoms with Crippen molar-refractivity contribution in [2.45, 2.75) is 66.7 Å². The highest BCUT2D eigenvalue weighted by Crippen LogP contribution is 2.28. The molecule has 0 saturated carbocycles. The number of pyridine rings is 1. The molecule has 1 atom stereocenters. The summed E-state index contributed by atoms with van der Waals surface area (Å²) in [5.41, 5.74) is 10.4. The number of hydrogen-bond acceptors (Lipinski definition) is 5. The maximum atomic E-state index is 12.5. The van der Waals surface area contributed by atoms with Crippen LogP contribution < -0.4 is 11.1 Å². The maximum absolute atomic E-state index is 12.5. The van der Waals surface area contributed by atoms with Gasteiger partial charge in [0.1, 0.15) is 0 Å². The summed E-state index contributed by atoms with van der Waals surface area (Å²) in [6.07, 6.45) is 4.21. The first-order chi connectivity index (χ1) is 14.5.